The highest BCUT2D eigenvalue weighted by molar-refractivity contribution is 14.1. The van der Waals surface area contributed by atoms with Gasteiger partial charge in [0.25, 0.3) is 0 Å². The normalized spacial score (nSPS) is 10.0. The second-order valence-corrected chi connectivity index (χ2v) is 3.45. The van der Waals surface area contributed by atoms with Crippen LogP contribution in [0.2, 0.25) is 0 Å². The molecule has 0 aliphatic rings. The van der Waals surface area contributed by atoms with Gasteiger partial charge in [-0.3, -0.25) is 0 Å². The third kappa shape index (κ3) is 2.20. The molecule has 0 bridgehead atoms. The zero-order chi connectivity index (χ0) is 8.27. The van der Waals surface area contributed by atoms with Crippen molar-refractivity contribution < 1.29 is 5.11 Å². The molecule has 0 saturated heterocycles. The largest absolute Gasteiger partial charge is 0.392 e. The Balaban J connectivity index is 2.99. The molecule has 0 fully saturated rings. The van der Waals surface area contributed by atoms with E-state index in [0.717, 1.165) is 14.7 Å². The van der Waals surface area contributed by atoms with Crippen molar-refractivity contribution in [3.8, 4) is 0 Å². The van der Waals surface area contributed by atoms with Crippen molar-refractivity contribution in [2.45, 2.75) is 12.9 Å². The summed E-state index contributed by atoms with van der Waals surface area (Å²) in [4.78, 5) is 0. The molecule has 0 heterocycles. The molecule has 11 heavy (non-hydrogen) atoms. The average molecular weight is 258 g/mol. The summed E-state index contributed by atoms with van der Waals surface area (Å²) in [5.41, 5.74) is 2.06. The molecule has 0 saturated carbocycles. The molecule has 0 aliphatic carbocycles. The van der Waals surface area contributed by atoms with Gasteiger partial charge in [0.15, 0.2) is 0 Å². The van der Waals surface area contributed by atoms with Gasteiger partial charge >= 0.3 is 0 Å². The lowest BCUT2D eigenvalue weighted by molar-refractivity contribution is 0.281. The van der Waals surface area contributed by atoms with Gasteiger partial charge in [-0.1, -0.05) is 18.5 Å². The van der Waals surface area contributed by atoms with E-state index in [1.807, 2.05) is 18.2 Å². The summed E-state index contributed by atoms with van der Waals surface area (Å²) >= 11 is 2.22. The SMILES string of the molecule is [B]Cc1ccc(CO)cc1I. The Bertz CT molecular complexity index is 250. The van der Waals surface area contributed by atoms with Crippen LogP contribution in [0.3, 0.4) is 0 Å². The fourth-order valence-electron chi connectivity index (χ4n) is 0.855. The predicted octanol–water partition coefficient (Wildman–Crippen LogP) is 1.45. The van der Waals surface area contributed by atoms with E-state index in [1.54, 1.807) is 0 Å². The van der Waals surface area contributed by atoms with Crippen molar-refractivity contribution in [2.75, 3.05) is 0 Å². The van der Waals surface area contributed by atoms with Crippen LogP contribution < -0.4 is 0 Å². The molecular formula is C8H8BIO. The maximum atomic E-state index is 8.79. The third-order valence-corrected chi connectivity index (χ3v) is 2.52. The van der Waals surface area contributed by atoms with E-state index in [4.69, 9.17) is 13.0 Å². The lowest BCUT2D eigenvalue weighted by Gasteiger charge is -2.02. The molecule has 1 nitrogen and oxygen atoms in total. The molecule has 3 heteroatoms. The fraction of sp³-hybridized carbons (Fsp3) is 0.250. The van der Waals surface area contributed by atoms with Gasteiger partial charge in [0.2, 0.25) is 0 Å². The average Bonchev–Trinajstić information content (AvgIpc) is 2.04. The van der Waals surface area contributed by atoms with Crippen LogP contribution in [0.5, 0.6) is 0 Å². The predicted molar refractivity (Wildman–Crippen MR) is 54.5 cm³/mol. The van der Waals surface area contributed by atoms with Crippen molar-refractivity contribution in [2.24, 2.45) is 0 Å². The van der Waals surface area contributed by atoms with Crippen LogP contribution in [0, 0.1) is 3.57 Å². The van der Waals surface area contributed by atoms with Crippen LogP contribution >= 0.6 is 22.6 Å². The third-order valence-electron chi connectivity index (χ3n) is 1.52. The van der Waals surface area contributed by atoms with Gasteiger partial charge < -0.3 is 5.11 Å². The van der Waals surface area contributed by atoms with E-state index < -0.39 is 0 Å². The first kappa shape index (κ1) is 9.07. The lowest BCUT2D eigenvalue weighted by atomic mass is 9.96. The standard InChI is InChI=1S/C8H8BIO/c9-4-7-2-1-6(5-11)3-8(7)10/h1-3,11H,4-5H2. The van der Waals surface area contributed by atoms with E-state index >= 15 is 0 Å². The lowest BCUT2D eigenvalue weighted by Crippen LogP contribution is -1.91. The highest BCUT2D eigenvalue weighted by atomic mass is 127. The number of hydrogen-bond acceptors (Lipinski definition) is 1. The molecule has 0 amide bonds. The van der Waals surface area contributed by atoms with Crippen molar-refractivity contribution in [1.82, 2.24) is 0 Å². The number of aliphatic hydroxyl groups is 1. The first-order valence-corrected chi connectivity index (χ1v) is 4.44. The minimum atomic E-state index is 0.0981. The highest BCUT2D eigenvalue weighted by Gasteiger charge is 1.97. The maximum Gasteiger partial charge on any atom is 0.0717 e. The molecule has 1 N–H and O–H groups in total. The Morgan fingerprint density at radius 2 is 2.18 bits per heavy atom. The van der Waals surface area contributed by atoms with Crippen molar-refractivity contribution in [3.05, 3.63) is 32.9 Å². The van der Waals surface area contributed by atoms with Gasteiger partial charge in [0.05, 0.1) is 14.5 Å². The van der Waals surface area contributed by atoms with E-state index in [9.17, 15) is 0 Å². The molecule has 1 aromatic rings. The minimum absolute atomic E-state index is 0.0981. The van der Waals surface area contributed by atoms with Crippen LogP contribution in [0.15, 0.2) is 18.2 Å². The van der Waals surface area contributed by atoms with Gasteiger partial charge in [-0.15, -0.1) is 0 Å². The molecule has 0 atom stereocenters. The van der Waals surface area contributed by atoms with Crippen LogP contribution in [0.1, 0.15) is 11.1 Å². The van der Waals surface area contributed by atoms with Gasteiger partial charge in [-0.05, 0) is 39.8 Å². The number of hydrogen-bond donors (Lipinski definition) is 1. The van der Waals surface area contributed by atoms with Crippen LogP contribution in [0.25, 0.3) is 0 Å². The fourth-order valence-corrected chi connectivity index (χ4v) is 1.65. The van der Waals surface area contributed by atoms with E-state index in [-0.39, 0.29) is 6.61 Å². The van der Waals surface area contributed by atoms with E-state index in [0.29, 0.717) is 6.32 Å². The summed E-state index contributed by atoms with van der Waals surface area (Å²) in [6, 6.07) is 5.79. The Morgan fingerprint density at radius 1 is 1.45 bits per heavy atom. The Hall–Kier alpha value is -0.0251. The minimum Gasteiger partial charge on any atom is -0.392 e. The second kappa shape index (κ2) is 4.11. The zero-order valence-corrected chi connectivity index (χ0v) is 8.21. The van der Waals surface area contributed by atoms with Crippen molar-refractivity contribution >= 4 is 30.4 Å². The van der Waals surface area contributed by atoms with Gasteiger partial charge in [0.1, 0.15) is 0 Å². The summed E-state index contributed by atoms with van der Waals surface area (Å²) in [6.07, 6.45) is 0.560. The first-order valence-electron chi connectivity index (χ1n) is 3.36. The van der Waals surface area contributed by atoms with Crippen molar-refractivity contribution in [1.29, 1.82) is 0 Å². The van der Waals surface area contributed by atoms with Crippen molar-refractivity contribution in [3.63, 3.8) is 0 Å². The Kier molecular flexibility index (Phi) is 3.39. The summed E-state index contributed by atoms with van der Waals surface area (Å²) in [5, 5.41) is 8.79. The molecule has 0 aromatic heterocycles. The molecule has 0 unspecified atom stereocenters. The number of halogens is 1. The monoisotopic (exact) mass is 258 g/mol. The molecular weight excluding hydrogens is 250 g/mol. The van der Waals surface area contributed by atoms with Gasteiger partial charge in [0, 0.05) is 3.57 Å². The summed E-state index contributed by atoms with van der Waals surface area (Å²) in [5.74, 6) is 0. The highest BCUT2D eigenvalue weighted by Crippen LogP contribution is 2.14. The number of benzene rings is 1. The molecule has 1 aromatic carbocycles. The Labute approximate surface area is 81.4 Å². The van der Waals surface area contributed by atoms with E-state index in [2.05, 4.69) is 22.6 Å². The van der Waals surface area contributed by atoms with Gasteiger partial charge in [-0.2, -0.15) is 0 Å². The molecule has 0 aliphatic heterocycles. The van der Waals surface area contributed by atoms with Gasteiger partial charge in [-0.25, -0.2) is 0 Å². The van der Waals surface area contributed by atoms with Crippen LogP contribution in [-0.2, 0) is 12.9 Å². The Morgan fingerprint density at radius 3 is 2.64 bits per heavy atom. The second-order valence-electron chi connectivity index (χ2n) is 2.29. The molecule has 56 valence electrons. The summed E-state index contributed by atoms with van der Waals surface area (Å²) in [7, 11) is 5.47. The molecule has 0 spiro atoms. The smallest absolute Gasteiger partial charge is 0.0717 e. The quantitative estimate of drug-likeness (QED) is 0.628. The zero-order valence-electron chi connectivity index (χ0n) is 6.05. The van der Waals surface area contributed by atoms with Crippen LogP contribution in [0.4, 0.5) is 0 Å². The van der Waals surface area contributed by atoms with Crippen LogP contribution in [-0.4, -0.2) is 13.0 Å². The number of rotatable bonds is 2. The summed E-state index contributed by atoms with van der Waals surface area (Å²) in [6.45, 7) is 0.0981. The molecule has 2 radical (unpaired) electrons. The molecule has 1 rings (SSSR count). The maximum absolute atomic E-state index is 8.79. The topological polar surface area (TPSA) is 20.2 Å². The number of aliphatic hydroxyl groups excluding tert-OH is 1. The first-order chi connectivity index (χ1) is 5.27. The summed E-state index contributed by atoms with van der Waals surface area (Å²) < 4.78 is 1.12. The van der Waals surface area contributed by atoms with E-state index in [1.165, 1.54) is 0 Å².